The summed E-state index contributed by atoms with van der Waals surface area (Å²) in [7, 11) is -1.59. The highest BCUT2D eigenvalue weighted by atomic mass is 16.4. The zero-order chi connectivity index (χ0) is 12.0. The number of nitrogens with one attached hydrogen (secondary N) is 1. The van der Waals surface area contributed by atoms with Crippen molar-refractivity contribution in [3.8, 4) is 6.07 Å². The smallest absolute Gasteiger partial charge is 0.423 e. The lowest BCUT2D eigenvalue weighted by molar-refractivity contribution is 0.0954. The molecule has 0 aromatic heterocycles. The average Bonchev–Trinajstić information content (AvgIpc) is 2.29. The molecule has 3 N–H and O–H groups in total. The van der Waals surface area contributed by atoms with Crippen molar-refractivity contribution in [3.63, 3.8) is 0 Å². The lowest BCUT2D eigenvalue weighted by atomic mass is 9.79. The van der Waals surface area contributed by atoms with E-state index in [9.17, 15) is 4.79 Å². The first-order valence-electron chi connectivity index (χ1n) is 4.76. The molecule has 0 heterocycles. The molecule has 0 aliphatic heterocycles. The Balaban J connectivity index is 2.69. The predicted octanol–water partition coefficient (Wildman–Crippen LogP) is -0.990. The lowest BCUT2D eigenvalue weighted by Crippen LogP contribution is -2.32. The largest absolute Gasteiger partial charge is 0.488 e. The fourth-order valence-corrected chi connectivity index (χ4v) is 1.17. The van der Waals surface area contributed by atoms with Crippen molar-refractivity contribution in [2.45, 2.75) is 6.42 Å². The van der Waals surface area contributed by atoms with Crippen molar-refractivity contribution < 1.29 is 14.8 Å². The van der Waals surface area contributed by atoms with Crippen LogP contribution in [0.15, 0.2) is 24.3 Å². The molecular weight excluding hydrogens is 207 g/mol. The van der Waals surface area contributed by atoms with Crippen molar-refractivity contribution >= 4 is 18.5 Å². The minimum absolute atomic E-state index is 0.244. The fourth-order valence-electron chi connectivity index (χ4n) is 1.17. The summed E-state index contributed by atoms with van der Waals surface area (Å²) in [6.45, 7) is 0.279. The van der Waals surface area contributed by atoms with Gasteiger partial charge in [0.05, 0.1) is 12.5 Å². The Morgan fingerprint density at radius 2 is 2.25 bits per heavy atom. The Bertz CT molecular complexity index is 415. The SMILES string of the molecule is N#CCCNC(=O)c1cccc(B(O)O)c1. The van der Waals surface area contributed by atoms with Crippen molar-refractivity contribution in [3.05, 3.63) is 29.8 Å². The van der Waals surface area contributed by atoms with Gasteiger partial charge in [0.25, 0.3) is 5.91 Å². The van der Waals surface area contributed by atoms with Crippen LogP contribution in [0, 0.1) is 11.3 Å². The lowest BCUT2D eigenvalue weighted by Gasteiger charge is -2.04. The number of rotatable bonds is 4. The van der Waals surface area contributed by atoms with E-state index in [1.807, 2.05) is 6.07 Å². The zero-order valence-corrected chi connectivity index (χ0v) is 8.55. The van der Waals surface area contributed by atoms with Crippen LogP contribution in [-0.4, -0.2) is 29.6 Å². The van der Waals surface area contributed by atoms with E-state index in [0.717, 1.165) is 0 Å². The van der Waals surface area contributed by atoms with Gasteiger partial charge >= 0.3 is 7.12 Å². The molecule has 0 spiro atoms. The maximum absolute atomic E-state index is 11.5. The van der Waals surface area contributed by atoms with Crippen molar-refractivity contribution in [2.24, 2.45) is 0 Å². The molecule has 5 nitrogen and oxygen atoms in total. The van der Waals surface area contributed by atoms with E-state index in [0.29, 0.717) is 5.56 Å². The Morgan fingerprint density at radius 1 is 1.50 bits per heavy atom. The van der Waals surface area contributed by atoms with E-state index < -0.39 is 7.12 Å². The van der Waals surface area contributed by atoms with Crippen LogP contribution in [0.1, 0.15) is 16.8 Å². The molecule has 0 atom stereocenters. The van der Waals surface area contributed by atoms with Crippen molar-refractivity contribution in [1.82, 2.24) is 5.32 Å². The number of carbonyl (C=O) groups excluding carboxylic acids is 1. The van der Waals surface area contributed by atoms with Crippen LogP contribution in [0.2, 0.25) is 0 Å². The Labute approximate surface area is 93.5 Å². The molecule has 1 aromatic carbocycles. The number of nitriles is 1. The van der Waals surface area contributed by atoms with Crippen LogP contribution in [-0.2, 0) is 0 Å². The first kappa shape index (κ1) is 12.2. The highest BCUT2D eigenvalue weighted by molar-refractivity contribution is 6.58. The molecule has 6 heteroatoms. The third-order valence-electron chi connectivity index (χ3n) is 1.97. The minimum atomic E-state index is -1.59. The van der Waals surface area contributed by atoms with E-state index in [-0.39, 0.29) is 24.3 Å². The van der Waals surface area contributed by atoms with E-state index in [2.05, 4.69) is 5.32 Å². The number of carbonyl (C=O) groups is 1. The normalized spacial score (nSPS) is 9.31. The van der Waals surface area contributed by atoms with Gasteiger partial charge in [-0.2, -0.15) is 5.26 Å². The van der Waals surface area contributed by atoms with Crippen LogP contribution >= 0.6 is 0 Å². The third-order valence-corrected chi connectivity index (χ3v) is 1.97. The van der Waals surface area contributed by atoms with Gasteiger partial charge in [0.1, 0.15) is 0 Å². The molecule has 0 fully saturated rings. The second-order valence-electron chi connectivity index (χ2n) is 3.16. The maximum atomic E-state index is 11.5. The Hall–Kier alpha value is -1.84. The summed E-state index contributed by atoms with van der Waals surface area (Å²) >= 11 is 0. The van der Waals surface area contributed by atoms with Crippen molar-refractivity contribution in [1.29, 1.82) is 5.26 Å². The maximum Gasteiger partial charge on any atom is 0.488 e. The van der Waals surface area contributed by atoms with E-state index in [1.165, 1.54) is 12.1 Å². The van der Waals surface area contributed by atoms with Crippen LogP contribution in [0.5, 0.6) is 0 Å². The summed E-state index contributed by atoms with van der Waals surface area (Å²) < 4.78 is 0. The Morgan fingerprint density at radius 3 is 2.88 bits per heavy atom. The summed E-state index contributed by atoms with van der Waals surface area (Å²) in [5.74, 6) is -0.335. The van der Waals surface area contributed by atoms with Gasteiger partial charge in [-0.15, -0.1) is 0 Å². The molecule has 1 aromatic rings. The molecular formula is C10H11BN2O3. The van der Waals surface area contributed by atoms with Gasteiger partial charge < -0.3 is 15.4 Å². The van der Waals surface area contributed by atoms with E-state index in [1.54, 1.807) is 12.1 Å². The number of hydrogen-bond donors (Lipinski definition) is 3. The van der Waals surface area contributed by atoms with Gasteiger partial charge in [0.15, 0.2) is 0 Å². The van der Waals surface area contributed by atoms with Crippen LogP contribution in [0.4, 0.5) is 0 Å². The van der Waals surface area contributed by atoms with E-state index in [4.69, 9.17) is 15.3 Å². The molecule has 0 saturated carbocycles. The predicted molar refractivity (Wildman–Crippen MR) is 58.8 cm³/mol. The monoisotopic (exact) mass is 218 g/mol. The fraction of sp³-hybridized carbons (Fsp3) is 0.200. The molecule has 0 saturated heterocycles. The second kappa shape index (κ2) is 5.90. The average molecular weight is 218 g/mol. The molecule has 0 aliphatic carbocycles. The molecule has 0 bridgehead atoms. The molecule has 16 heavy (non-hydrogen) atoms. The summed E-state index contributed by atoms with van der Waals surface area (Å²) in [6.07, 6.45) is 0.244. The number of hydrogen-bond acceptors (Lipinski definition) is 4. The van der Waals surface area contributed by atoms with Crippen LogP contribution in [0.3, 0.4) is 0 Å². The van der Waals surface area contributed by atoms with Crippen LogP contribution < -0.4 is 10.8 Å². The van der Waals surface area contributed by atoms with Gasteiger partial charge in [0.2, 0.25) is 0 Å². The van der Waals surface area contributed by atoms with Gasteiger partial charge in [-0.05, 0) is 17.6 Å². The van der Waals surface area contributed by atoms with Crippen molar-refractivity contribution in [2.75, 3.05) is 6.54 Å². The second-order valence-corrected chi connectivity index (χ2v) is 3.16. The van der Waals surface area contributed by atoms with Crippen LogP contribution in [0.25, 0.3) is 0 Å². The molecule has 1 amide bonds. The minimum Gasteiger partial charge on any atom is -0.423 e. The standard InChI is InChI=1S/C10H11BN2O3/c12-5-2-6-13-10(14)8-3-1-4-9(7-8)11(15)16/h1,3-4,7,15-16H,2,6H2,(H,13,14). The quantitative estimate of drug-likeness (QED) is 0.446. The molecule has 0 radical (unpaired) electrons. The molecule has 82 valence electrons. The van der Waals surface area contributed by atoms with Gasteiger partial charge in [0, 0.05) is 12.1 Å². The van der Waals surface area contributed by atoms with Gasteiger partial charge in [-0.25, -0.2) is 0 Å². The molecule has 0 aliphatic rings. The summed E-state index contributed by atoms with van der Waals surface area (Å²) in [5.41, 5.74) is 0.594. The summed E-state index contributed by atoms with van der Waals surface area (Å²) in [5, 5.41) is 28.7. The first-order chi connectivity index (χ1) is 7.65. The number of nitrogens with zero attached hydrogens (tertiary/aromatic N) is 1. The highest BCUT2D eigenvalue weighted by Crippen LogP contribution is 1.97. The molecule has 0 unspecified atom stereocenters. The third kappa shape index (κ3) is 3.39. The Kier molecular flexibility index (Phi) is 4.52. The van der Waals surface area contributed by atoms with E-state index >= 15 is 0 Å². The highest BCUT2D eigenvalue weighted by Gasteiger charge is 2.13. The zero-order valence-electron chi connectivity index (χ0n) is 8.55. The summed E-state index contributed by atoms with van der Waals surface area (Å²) in [4.78, 5) is 11.5. The number of benzene rings is 1. The number of amides is 1. The summed E-state index contributed by atoms with van der Waals surface area (Å²) in [6, 6.07) is 7.94. The topological polar surface area (TPSA) is 93.4 Å². The van der Waals surface area contributed by atoms with Gasteiger partial charge in [-0.3, -0.25) is 4.79 Å². The first-order valence-corrected chi connectivity index (χ1v) is 4.76. The molecule has 1 rings (SSSR count). The van der Waals surface area contributed by atoms with Gasteiger partial charge in [-0.1, -0.05) is 12.1 Å².